The fourth-order valence-corrected chi connectivity index (χ4v) is 2.57. The number of amides is 2. The molecule has 1 aliphatic rings. The largest absolute Gasteiger partial charge is 0.330 e. The number of hydrogen-bond donors (Lipinski definition) is 1. The molecule has 1 aliphatic heterocycles. The van der Waals surface area contributed by atoms with E-state index in [1.807, 2.05) is 25.1 Å². The van der Waals surface area contributed by atoms with Gasteiger partial charge < -0.3 is 5.73 Å². The van der Waals surface area contributed by atoms with Crippen LogP contribution in [0.25, 0.3) is 0 Å². The minimum atomic E-state index is -0.262. The van der Waals surface area contributed by atoms with Gasteiger partial charge in [-0.1, -0.05) is 23.8 Å². The summed E-state index contributed by atoms with van der Waals surface area (Å²) < 4.78 is 0. The van der Waals surface area contributed by atoms with Crippen molar-refractivity contribution < 1.29 is 9.59 Å². The highest BCUT2D eigenvalue weighted by atomic mass is 16.2. The van der Waals surface area contributed by atoms with E-state index < -0.39 is 0 Å². The highest BCUT2D eigenvalue weighted by molar-refractivity contribution is 6.34. The van der Waals surface area contributed by atoms with E-state index >= 15 is 0 Å². The normalized spacial score (nSPS) is 13.7. The lowest BCUT2D eigenvalue weighted by molar-refractivity contribution is 0.0926. The molecule has 4 nitrogen and oxygen atoms in total. The first-order valence-electron chi connectivity index (χ1n) is 6.90. The Hall–Kier alpha value is -2.46. The lowest BCUT2D eigenvalue weighted by Crippen LogP contribution is -2.29. The second kappa shape index (κ2) is 5.14. The van der Waals surface area contributed by atoms with Crippen LogP contribution in [0.15, 0.2) is 42.5 Å². The summed E-state index contributed by atoms with van der Waals surface area (Å²) in [5.74, 6) is -0.521. The van der Waals surface area contributed by atoms with E-state index in [1.54, 1.807) is 24.3 Å². The lowest BCUT2D eigenvalue weighted by atomic mass is 10.1. The monoisotopic (exact) mass is 280 g/mol. The number of nitrogens with two attached hydrogens (primary N) is 1. The maximum atomic E-state index is 12.5. The van der Waals surface area contributed by atoms with Gasteiger partial charge in [-0.2, -0.15) is 0 Å². The number of aryl methyl sites for hydroxylation is 1. The average molecular weight is 280 g/mol. The number of rotatable bonds is 3. The van der Waals surface area contributed by atoms with Crippen LogP contribution < -0.4 is 10.6 Å². The molecule has 0 saturated heterocycles. The average Bonchev–Trinajstić information content (AvgIpc) is 2.72. The summed E-state index contributed by atoms with van der Waals surface area (Å²) in [4.78, 5) is 26.1. The molecule has 0 aliphatic carbocycles. The molecule has 0 aromatic heterocycles. The summed E-state index contributed by atoms with van der Waals surface area (Å²) in [5.41, 5.74) is 9.12. The van der Waals surface area contributed by atoms with Crippen LogP contribution in [0.1, 0.15) is 31.8 Å². The predicted molar refractivity (Wildman–Crippen MR) is 81.5 cm³/mol. The Kier molecular flexibility index (Phi) is 3.31. The van der Waals surface area contributed by atoms with Crippen LogP contribution in [0.4, 0.5) is 5.69 Å². The van der Waals surface area contributed by atoms with Gasteiger partial charge in [-0.05, 0) is 49.7 Å². The molecule has 21 heavy (non-hydrogen) atoms. The summed E-state index contributed by atoms with van der Waals surface area (Å²) in [6, 6.07) is 12.7. The molecule has 0 spiro atoms. The Morgan fingerprint density at radius 3 is 2.29 bits per heavy atom. The first-order valence-corrected chi connectivity index (χ1v) is 6.90. The SMILES string of the molecule is Cc1ccc2c(c1)C(=O)N(c1ccc(CCN)cc1)C2=O. The van der Waals surface area contributed by atoms with Crippen molar-refractivity contribution in [3.8, 4) is 0 Å². The van der Waals surface area contributed by atoms with E-state index in [9.17, 15) is 9.59 Å². The van der Waals surface area contributed by atoms with Crippen molar-refractivity contribution in [2.45, 2.75) is 13.3 Å². The molecule has 106 valence electrons. The zero-order valence-electron chi connectivity index (χ0n) is 11.8. The Balaban J connectivity index is 1.97. The second-order valence-corrected chi connectivity index (χ2v) is 5.20. The molecule has 0 fully saturated rings. The van der Waals surface area contributed by atoms with Crippen LogP contribution in [0.3, 0.4) is 0 Å². The van der Waals surface area contributed by atoms with E-state index in [0.717, 1.165) is 17.5 Å². The van der Waals surface area contributed by atoms with Crippen molar-refractivity contribution in [2.24, 2.45) is 5.73 Å². The quantitative estimate of drug-likeness (QED) is 0.877. The number of imide groups is 1. The summed E-state index contributed by atoms with van der Waals surface area (Å²) in [6.07, 6.45) is 0.779. The third-order valence-electron chi connectivity index (χ3n) is 3.67. The molecular formula is C17H16N2O2. The number of carbonyl (C=O) groups is 2. The van der Waals surface area contributed by atoms with Gasteiger partial charge in [0.05, 0.1) is 16.8 Å². The molecular weight excluding hydrogens is 264 g/mol. The first-order chi connectivity index (χ1) is 10.1. The maximum absolute atomic E-state index is 12.5. The molecule has 0 saturated carbocycles. The zero-order valence-corrected chi connectivity index (χ0v) is 11.8. The fourth-order valence-electron chi connectivity index (χ4n) is 2.57. The van der Waals surface area contributed by atoms with E-state index in [-0.39, 0.29) is 11.8 Å². The van der Waals surface area contributed by atoms with Crippen molar-refractivity contribution in [3.05, 3.63) is 64.7 Å². The Bertz CT molecular complexity index is 720. The van der Waals surface area contributed by atoms with Crippen molar-refractivity contribution >= 4 is 17.5 Å². The Labute approximate surface area is 123 Å². The molecule has 1 heterocycles. The van der Waals surface area contributed by atoms with Gasteiger partial charge in [-0.25, -0.2) is 4.90 Å². The highest BCUT2D eigenvalue weighted by Gasteiger charge is 2.36. The number of nitrogens with zero attached hydrogens (tertiary/aromatic N) is 1. The van der Waals surface area contributed by atoms with Gasteiger partial charge >= 0.3 is 0 Å². The van der Waals surface area contributed by atoms with Crippen molar-refractivity contribution in [2.75, 3.05) is 11.4 Å². The van der Waals surface area contributed by atoms with Gasteiger partial charge in [-0.15, -0.1) is 0 Å². The van der Waals surface area contributed by atoms with Crippen LogP contribution in [0.5, 0.6) is 0 Å². The van der Waals surface area contributed by atoms with Gasteiger partial charge in [0.15, 0.2) is 0 Å². The molecule has 0 radical (unpaired) electrons. The minimum absolute atomic E-state index is 0.259. The summed E-state index contributed by atoms with van der Waals surface area (Å²) in [5, 5.41) is 0. The topological polar surface area (TPSA) is 63.4 Å². The Morgan fingerprint density at radius 1 is 0.952 bits per heavy atom. The van der Waals surface area contributed by atoms with E-state index in [1.165, 1.54) is 4.90 Å². The highest BCUT2D eigenvalue weighted by Crippen LogP contribution is 2.29. The van der Waals surface area contributed by atoms with Gasteiger partial charge in [0.1, 0.15) is 0 Å². The van der Waals surface area contributed by atoms with E-state index in [0.29, 0.717) is 23.4 Å². The van der Waals surface area contributed by atoms with E-state index in [2.05, 4.69) is 0 Å². The Morgan fingerprint density at radius 2 is 1.62 bits per heavy atom. The smallest absolute Gasteiger partial charge is 0.266 e. The molecule has 2 aromatic rings. The molecule has 0 atom stereocenters. The van der Waals surface area contributed by atoms with Crippen LogP contribution in [0, 0.1) is 6.92 Å². The molecule has 2 aromatic carbocycles. The maximum Gasteiger partial charge on any atom is 0.266 e. The summed E-state index contributed by atoms with van der Waals surface area (Å²) >= 11 is 0. The van der Waals surface area contributed by atoms with Gasteiger partial charge in [0.2, 0.25) is 0 Å². The zero-order chi connectivity index (χ0) is 15.0. The molecule has 3 rings (SSSR count). The van der Waals surface area contributed by atoms with Gasteiger partial charge in [0.25, 0.3) is 11.8 Å². The third kappa shape index (κ3) is 2.23. The fraction of sp³-hybridized carbons (Fsp3) is 0.176. The minimum Gasteiger partial charge on any atom is -0.330 e. The van der Waals surface area contributed by atoms with E-state index in [4.69, 9.17) is 5.73 Å². The van der Waals surface area contributed by atoms with Crippen molar-refractivity contribution in [1.29, 1.82) is 0 Å². The predicted octanol–water partition coefficient (Wildman–Crippen LogP) is 2.30. The summed E-state index contributed by atoms with van der Waals surface area (Å²) in [7, 11) is 0. The first kappa shape index (κ1) is 13.5. The van der Waals surface area contributed by atoms with Crippen LogP contribution >= 0.6 is 0 Å². The van der Waals surface area contributed by atoms with Crippen LogP contribution in [-0.2, 0) is 6.42 Å². The molecule has 2 N–H and O–H groups in total. The van der Waals surface area contributed by atoms with Gasteiger partial charge in [0, 0.05) is 0 Å². The number of anilines is 1. The van der Waals surface area contributed by atoms with Gasteiger partial charge in [-0.3, -0.25) is 9.59 Å². The van der Waals surface area contributed by atoms with Crippen molar-refractivity contribution in [3.63, 3.8) is 0 Å². The standard InChI is InChI=1S/C17H16N2O2/c1-11-2-7-14-15(10-11)17(21)19(16(14)20)13-5-3-12(4-6-13)8-9-18/h2-7,10H,8-9,18H2,1H3. The number of benzene rings is 2. The second-order valence-electron chi connectivity index (χ2n) is 5.20. The van der Waals surface area contributed by atoms with Crippen molar-refractivity contribution in [1.82, 2.24) is 0 Å². The molecule has 4 heteroatoms. The number of carbonyl (C=O) groups excluding carboxylic acids is 2. The number of fused-ring (bicyclic) bond motifs is 1. The lowest BCUT2D eigenvalue weighted by Gasteiger charge is -2.14. The third-order valence-corrected chi connectivity index (χ3v) is 3.67. The molecule has 0 unspecified atom stereocenters. The van der Waals surface area contributed by atoms with Crippen LogP contribution in [-0.4, -0.2) is 18.4 Å². The number of hydrogen-bond acceptors (Lipinski definition) is 3. The molecule has 2 amide bonds. The summed E-state index contributed by atoms with van der Waals surface area (Å²) in [6.45, 7) is 2.48. The van der Waals surface area contributed by atoms with Crippen LogP contribution in [0.2, 0.25) is 0 Å². The molecule has 0 bridgehead atoms.